The molecule has 2 unspecified atom stereocenters. The predicted octanol–water partition coefficient (Wildman–Crippen LogP) is 2.81. The first-order chi connectivity index (χ1) is 13.0. The standard InChI is InChI=1S/C22H31BO5/c1-12-6-9-22(28-23-13(2)24)10-15-14-11-27-16(14)7-8-21(15,5)19(26)18(25)17(12)20(22,3)4/h11,15-16,18,23,25H,6-10H2,1-5H3/t15?,16?,18-,21-,22-/m1/s1. The van der Waals surface area contributed by atoms with Gasteiger partial charge in [0.2, 0.25) is 0 Å². The average molecular weight is 386 g/mol. The third-order valence-corrected chi connectivity index (χ3v) is 8.18. The highest BCUT2D eigenvalue weighted by Crippen LogP contribution is 2.61. The molecule has 2 bridgehead atoms. The van der Waals surface area contributed by atoms with Gasteiger partial charge in [0.25, 0.3) is 0 Å². The molecule has 0 aromatic carbocycles. The Hall–Kier alpha value is -1.40. The molecule has 2 saturated carbocycles. The maximum atomic E-state index is 13.6. The van der Waals surface area contributed by atoms with Crippen LogP contribution in [0.15, 0.2) is 23.0 Å². The fourth-order valence-electron chi connectivity index (χ4n) is 6.27. The number of allylic oxidation sites excluding steroid dienone is 1. The third-order valence-electron chi connectivity index (χ3n) is 8.18. The Morgan fingerprint density at radius 1 is 1.32 bits per heavy atom. The summed E-state index contributed by atoms with van der Waals surface area (Å²) < 4.78 is 12.0. The van der Waals surface area contributed by atoms with Gasteiger partial charge < -0.3 is 19.3 Å². The lowest BCUT2D eigenvalue weighted by Crippen LogP contribution is -2.62. The van der Waals surface area contributed by atoms with Crippen LogP contribution >= 0.6 is 0 Å². The second kappa shape index (κ2) is 6.30. The smallest absolute Gasteiger partial charge is 0.350 e. The molecule has 5 atom stereocenters. The fraction of sp³-hybridized carbons (Fsp3) is 0.727. The number of hydrogen-bond acceptors (Lipinski definition) is 5. The molecule has 1 aliphatic heterocycles. The molecule has 4 rings (SSSR count). The van der Waals surface area contributed by atoms with Crippen molar-refractivity contribution >= 4 is 18.9 Å². The summed E-state index contributed by atoms with van der Waals surface area (Å²) in [6, 6.07) is 0. The van der Waals surface area contributed by atoms with Crippen molar-refractivity contribution in [1.82, 2.24) is 0 Å². The molecular formula is C22H31BO5. The first-order valence-corrected chi connectivity index (χ1v) is 10.4. The minimum Gasteiger partial charge on any atom is -0.493 e. The quantitative estimate of drug-likeness (QED) is 0.597. The van der Waals surface area contributed by atoms with Gasteiger partial charge in [0.15, 0.2) is 5.78 Å². The van der Waals surface area contributed by atoms with E-state index in [1.165, 1.54) is 5.57 Å². The maximum absolute atomic E-state index is 13.6. The van der Waals surface area contributed by atoms with Gasteiger partial charge in [0.1, 0.15) is 17.9 Å². The van der Waals surface area contributed by atoms with Gasteiger partial charge in [-0.15, -0.1) is 0 Å². The number of ether oxygens (including phenoxy) is 1. The van der Waals surface area contributed by atoms with Crippen LogP contribution in [0.25, 0.3) is 0 Å². The molecule has 1 heterocycles. The van der Waals surface area contributed by atoms with Gasteiger partial charge in [0, 0.05) is 22.3 Å². The Kier molecular flexibility index (Phi) is 4.48. The van der Waals surface area contributed by atoms with Crippen LogP contribution in [0.5, 0.6) is 0 Å². The lowest BCUT2D eigenvalue weighted by Gasteiger charge is -2.60. The van der Waals surface area contributed by atoms with E-state index in [-0.39, 0.29) is 31.0 Å². The van der Waals surface area contributed by atoms with Crippen molar-refractivity contribution < 1.29 is 24.1 Å². The predicted molar refractivity (Wildman–Crippen MR) is 107 cm³/mol. The highest BCUT2D eigenvalue weighted by molar-refractivity contribution is 6.68. The second-order valence-electron chi connectivity index (χ2n) is 10.0. The first kappa shape index (κ1) is 19.9. The Bertz CT molecular complexity index is 797. The van der Waals surface area contributed by atoms with Crippen molar-refractivity contribution in [2.24, 2.45) is 16.7 Å². The zero-order valence-corrected chi connectivity index (χ0v) is 17.6. The second-order valence-corrected chi connectivity index (χ2v) is 10.0. The van der Waals surface area contributed by atoms with Crippen LogP contribution in [0.2, 0.25) is 0 Å². The van der Waals surface area contributed by atoms with Crippen molar-refractivity contribution in [2.45, 2.75) is 84.5 Å². The molecule has 5 nitrogen and oxygen atoms in total. The molecule has 0 radical (unpaired) electrons. The lowest BCUT2D eigenvalue weighted by atomic mass is 9.49. The molecular weight excluding hydrogens is 355 g/mol. The number of hydrogen-bond donors (Lipinski definition) is 1. The first-order valence-electron chi connectivity index (χ1n) is 10.4. The molecule has 2 fully saturated rings. The van der Waals surface area contributed by atoms with Crippen LogP contribution in [0.3, 0.4) is 0 Å². The molecule has 3 aliphatic carbocycles. The van der Waals surface area contributed by atoms with Crippen LogP contribution in [0.4, 0.5) is 0 Å². The van der Waals surface area contributed by atoms with E-state index in [1.54, 1.807) is 13.2 Å². The van der Waals surface area contributed by atoms with E-state index in [4.69, 9.17) is 9.39 Å². The van der Waals surface area contributed by atoms with E-state index in [0.29, 0.717) is 12.8 Å². The van der Waals surface area contributed by atoms with Crippen molar-refractivity contribution in [1.29, 1.82) is 0 Å². The number of carbonyl (C=O) groups is 2. The highest BCUT2D eigenvalue weighted by atomic mass is 16.5. The van der Waals surface area contributed by atoms with Crippen LogP contribution in [0, 0.1) is 16.7 Å². The maximum Gasteiger partial charge on any atom is 0.350 e. The van der Waals surface area contributed by atoms with Crippen molar-refractivity contribution in [3.05, 3.63) is 23.0 Å². The Morgan fingerprint density at radius 3 is 2.64 bits per heavy atom. The topological polar surface area (TPSA) is 72.8 Å². The van der Waals surface area contributed by atoms with E-state index >= 15 is 0 Å². The zero-order chi connectivity index (χ0) is 20.5. The van der Waals surface area contributed by atoms with Crippen LogP contribution in [-0.2, 0) is 19.0 Å². The Morgan fingerprint density at radius 2 is 2.04 bits per heavy atom. The van der Waals surface area contributed by atoms with Gasteiger partial charge in [-0.25, -0.2) is 0 Å². The minimum absolute atomic E-state index is 0.00726. The lowest BCUT2D eigenvalue weighted by molar-refractivity contribution is -0.153. The van der Waals surface area contributed by atoms with E-state index < -0.39 is 22.5 Å². The van der Waals surface area contributed by atoms with Crippen molar-refractivity contribution in [3.63, 3.8) is 0 Å². The number of rotatable bonds is 3. The van der Waals surface area contributed by atoms with Gasteiger partial charge in [-0.3, -0.25) is 4.79 Å². The van der Waals surface area contributed by atoms with E-state index in [9.17, 15) is 14.7 Å². The van der Waals surface area contributed by atoms with Gasteiger partial charge in [-0.1, -0.05) is 26.3 Å². The molecule has 0 aromatic rings. The number of fused-ring (bicyclic) bond motifs is 5. The van der Waals surface area contributed by atoms with E-state index in [0.717, 1.165) is 30.4 Å². The molecule has 0 aromatic heterocycles. The Labute approximate surface area is 167 Å². The van der Waals surface area contributed by atoms with E-state index in [1.807, 2.05) is 13.8 Å². The van der Waals surface area contributed by atoms with Crippen LogP contribution in [-0.4, -0.2) is 41.9 Å². The number of carbonyl (C=O) groups excluding carboxylic acids is 2. The summed E-state index contributed by atoms with van der Waals surface area (Å²) in [5.74, 6) is -0.110. The molecule has 28 heavy (non-hydrogen) atoms. The van der Waals surface area contributed by atoms with Crippen LogP contribution in [0.1, 0.15) is 66.7 Å². The van der Waals surface area contributed by atoms with Crippen molar-refractivity contribution in [2.75, 3.05) is 0 Å². The summed E-state index contributed by atoms with van der Waals surface area (Å²) in [6.45, 7) is 9.69. The van der Waals surface area contributed by atoms with Crippen LogP contribution < -0.4 is 0 Å². The molecule has 1 N–H and O–H groups in total. The average Bonchev–Trinajstić information content (AvgIpc) is 2.58. The van der Waals surface area contributed by atoms with Gasteiger partial charge in [-0.05, 0) is 51.5 Å². The molecule has 0 amide bonds. The monoisotopic (exact) mass is 386 g/mol. The van der Waals surface area contributed by atoms with Crippen molar-refractivity contribution in [3.8, 4) is 0 Å². The molecule has 0 saturated heterocycles. The number of aliphatic hydroxyl groups excluding tert-OH is 1. The molecule has 6 heteroatoms. The summed E-state index contributed by atoms with van der Waals surface area (Å²) in [7, 11) is 0.0577. The summed E-state index contributed by atoms with van der Waals surface area (Å²) in [6.07, 6.45) is 4.48. The SMILES string of the molecule is CC(=O)BO[C@]12CCC(C)=C([C@@H](O)C(=O)[C@]3(C)CCC4OC=C4C3C1)C2(C)C. The van der Waals surface area contributed by atoms with Gasteiger partial charge in [-0.2, -0.15) is 0 Å². The van der Waals surface area contributed by atoms with Gasteiger partial charge in [0.05, 0.1) is 11.9 Å². The fourth-order valence-corrected chi connectivity index (χ4v) is 6.27. The highest BCUT2D eigenvalue weighted by Gasteiger charge is 2.62. The normalized spacial score (nSPS) is 41.4. The summed E-state index contributed by atoms with van der Waals surface area (Å²) in [4.78, 5) is 25.4. The summed E-state index contributed by atoms with van der Waals surface area (Å²) >= 11 is 0. The number of aliphatic hydroxyl groups is 1. The van der Waals surface area contributed by atoms with E-state index in [2.05, 4.69) is 13.8 Å². The largest absolute Gasteiger partial charge is 0.493 e. The molecule has 152 valence electrons. The number of ketones is 1. The molecule has 0 spiro atoms. The summed E-state index contributed by atoms with van der Waals surface area (Å²) in [5, 5.41) is 11.3. The third kappa shape index (κ3) is 2.53. The Balaban J connectivity index is 1.89. The van der Waals surface area contributed by atoms with Gasteiger partial charge >= 0.3 is 7.48 Å². The summed E-state index contributed by atoms with van der Waals surface area (Å²) in [5.41, 5.74) is 1.26. The zero-order valence-electron chi connectivity index (χ0n) is 17.6. The minimum atomic E-state index is -1.12. The number of Topliss-reactive ketones (excluding diaryl/α,β-unsaturated/α-hetero) is 1. The molecule has 4 aliphatic rings.